The molecule has 1 heterocycles. The summed E-state index contributed by atoms with van der Waals surface area (Å²) in [5.74, 6) is 0.858. The fourth-order valence-corrected chi connectivity index (χ4v) is 3.08. The van der Waals surface area contributed by atoms with Crippen LogP contribution in [0.3, 0.4) is 0 Å². The van der Waals surface area contributed by atoms with Crippen molar-refractivity contribution in [2.24, 2.45) is 5.92 Å². The Hall–Kier alpha value is -0.120. The average molecular weight is 256 g/mol. The maximum atomic E-state index is 9.54. The Labute approximate surface area is 113 Å². The largest absolute Gasteiger partial charge is 0.394 e. The van der Waals surface area contributed by atoms with Gasteiger partial charge in [-0.3, -0.25) is 0 Å². The minimum Gasteiger partial charge on any atom is -0.394 e. The van der Waals surface area contributed by atoms with E-state index >= 15 is 0 Å². The van der Waals surface area contributed by atoms with Crippen LogP contribution in [0.2, 0.25) is 0 Å². The Kier molecular flexibility index (Phi) is 6.61. The van der Waals surface area contributed by atoms with E-state index in [0.717, 1.165) is 12.3 Å². The molecule has 3 nitrogen and oxygen atoms in total. The van der Waals surface area contributed by atoms with E-state index < -0.39 is 0 Å². The van der Waals surface area contributed by atoms with Crippen molar-refractivity contribution in [2.45, 2.75) is 65.0 Å². The topological polar surface area (TPSA) is 35.5 Å². The number of aliphatic hydroxyl groups is 1. The maximum Gasteiger partial charge on any atom is 0.0610 e. The van der Waals surface area contributed by atoms with Crippen molar-refractivity contribution in [3.05, 3.63) is 0 Å². The average Bonchev–Trinajstić information content (AvgIpc) is 2.28. The van der Waals surface area contributed by atoms with E-state index in [1.807, 2.05) is 0 Å². The molecule has 2 N–H and O–H groups in total. The highest BCUT2D eigenvalue weighted by atomic mass is 16.3. The highest BCUT2D eigenvalue weighted by Gasteiger charge is 2.24. The molecule has 1 fully saturated rings. The van der Waals surface area contributed by atoms with Crippen molar-refractivity contribution in [1.29, 1.82) is 0 Å². The number of aliphatic hydroxyl groups excluding tert-OH is 1. The van der Waals surface area contributed by atoms with Gasteiger partial charge in [0, 0.05) is 18.1 Å². The summed E-state index contributed by atoms with van der Waals surface area (Å²) in [6, 6.07) is 0.428. The molecule has 1 rings (SSSR count). The fourth-order valence-electron chi connectivity index (χ4n) is 3.08. The van der Waals surface area contributed by atoms with Crippen molar-refractivity contribution in [2.75, 3.05) is 26.2 Å². The molecule has 0 aromatic heterocycles. The third-order valence-corrected chi connectivity index (χ3v) is 3.93. The molecule has 18 heavy (non-hydrogen) atoms. The molecule has 3 heteroatoms. The third kappa shape index (κ3) is 5.68. The number of rotatable bonds is 7. The van der Waals surface area contributed by atoms with Crippen LogP contribution in [0.25, 0.3) is 0 Å². The lowest BCUT2D eigenvalue weighted by Crippen LogP contribution is -2.49. The summed E-state index contributed by atoms with van der Waals surface area (Å²) in [5.41, 5.74) is -0.116. The van der Waals surface area contributed by atoms with Crippen LogP contribution in [0.15, 0.2) is 0 Å². The third-order valence-electron chi connectivity index (χ3n) is 3.93. The molecule has 2 atom stereocenters. The minimum atomic E-state index is -0.116. The van der Waals surface area contributed by atoms with Gasteiger partial charge in [0.15, 0.2) is 0 Å². The van der Waals surface area contributed by atoms with E-state index in [1.165, 1.54) is 38.9 Å². The summed E-state index contributed by atoms with van der Waals surface area (Å²) in [6.45, 7) is 12.7. The van der Waals surface area contributed by atoms with Crippen LogP contribution in [-0.4, -0.2) is 47.8 Å². The minimum absolute atomic E-state index is 0.116. The molecular formula is C15H32N2O. The molecule has 0 saturated carbocycles. The van der Waals surface area contributed by atoms with E-state index in [1.54, 1.807) is 0 Å². The van der Waals surface area contributed by atoms with Gasteiger partial charge in [-0.15, -0.1) is 0 Å². The molecule has 2 unspecified atom stereocenters. The first-order valence-electron chi connectivity index (χ1n) is 7.56. The van der Waals surface area contributed by atoms with Crippen molar-refractivity contribution in [1.82, 2.24) is 10.2 Å². The van der Waals surface area contributed by atoms with Crippen molar-refractivity contribution >= 4 is 0 Å². The van der Waals surface area contributed by atoms with E-state index in [2.05, 4.69) is 37.9 Å². The Morgan fingerprint density at radius 2 is 2.17 bits per heavy atom. The Bertz CT molecular complexity index is 233. The molecule has 108 valence electrons. The predicted molar refractivity (Wildman–Crippen MR) is 77.8 cm³/mol. The summed E-state index contributed by atoms with van der Waals surface area (Å²) >= 11 is 0. The molecule has 0 radical (unpaired) electrons. The molecule has 0 amide bonds. The molecule has 0 spiro atoms. The van der Waals surface area contributed by atoms with Crippen molar-refractivity contribution in [3.8, 4) is 0 Å². The fraction of sp³-hybridized carbons (Fsp3) is 1.00. The highest BCUT2D eigenvalue weighted by molar-refractivity contribution is 4.84. The SMILES string of the molecule is CC1CCCN(CCCC(C)(CO)NC(C)C)C1. The summed E-state index contributed by atoms with van der Waals surface area (Å²) in [6.07, 6.45) is 4.96. The second-order valence-electron chi connectivity index (χ2n) is 6.67. The zero-order chi connectivity index (χ0) is 13.6. The van der Waals surface area contributed by atoms with Crippen LogP contribution in [0.4, 0.5) is 0 Å². The monoisotopic (exact) mass is 256 g/mol. The predicted octanol–water partition coefficient (Wildman–Crippen LogP) is 2.25. The van der Waals surface area contributed by atoms with Crippen molar-refractivity contribution < 1.29 is 5.11 Å². The lowest BCUT2D eigenvalue weighted by Gasteiger charge is -2.34. The van der Waals surface area contributed by atoms with Gasteiger partial charge in [-0.25, -0.2) is 0 Å². The van der Waals surface area contributed by atoms with Crippen LogP contribution < -0.4 is 5.32 Å². The second-order valence-corrected chi connectivity index (χ2v) is 6.67. The zero-order valence-electron chi connectivity index (χ0n) is 12.7. The van der Waals surface area contributed by atoms with Gasteiger partial charge in [-0.05, 0) is 51.6 Å². The number of nitrogens with one attached hydrogen (secondary N) is 1. The number of hydrogen-bond donors (Lipinski definition) is 2. The van der Waals surface area contributed by atoms with E-state index in [-0.39, 0.29) is 12.1 Å². The quantitative estimate of drug-likeness (QED) is 0.733. The van der Waals surface area contributed by atoms with Crippen LogP contribution in [0.1, 0.15) is 53.4 Å². The van der Waals surface area contributed by atoms with Gasteiger partial charge in [0.2, 0.25) is 0 Å². The summed E-state index contributed by atoms with van der Waals surface area (Å²) in [7, 11) is 0. The standard InChI is InChI=1S/C15H32N2O/c1-13(2)16-15(4,12-18)8-6-10-17-9-5-7-14(3)11-17/h13-14,16,18H,5-12H2,1-4H3. The molecule has 0 aromatic rings. The number of likely N-dealkylation sites (tertiary alicyclic amines) is 1. The highest BCUT2D eigenvalue weighted by Crippen LogP contribution is 2.18. The van der Waals surface area contributed by atoms with Crippen LogP contribution in [0, 0.1) is 5.92 Å². The van der Waals surface area contributed by atoms with Crippen molar-refractivity contribution in [3.63, 3.8) is 0 Å². The number of nitrogens with zero attached hydrogens (tertiary/aromatic N) is 1. The smallest absolute Gasteiger partial charge is 0.0610 e. The first-order chi connectivity index (χ1) is 8.45. The molecule has 0 aliphatic carbocycles. The van der Waals surface area contributed by atoms with Gasteiger partial charge in [0.1, 0.15) is 0 Å². The Morgan fingerprint density at radius 3 is 2.72 bits per heavy atom. The van der Waals surface area contributed by atoms with Crippen LogP contribution in [0.5, 0.6) is 0 Å². The van der Waals surface area contributed by atoms with Gasteiger partial charge in [-0.1, -0.05) is 20.8 Å². The molecular weight excluding hydrogens is 224 g/mol. The number of piperidine rings is 1. The van der Waals surface area contributed by atoms with E-state index in [0.29, 0.717) is 6.04 Å². The lowest BCUT2D eigenvalue weighted by molar-refractivity contribution is 0.138. The van der Waals surface area contributed by atoms with Gasteiger partial charge < -0.3 is 15.3 Å². The summed E-state index contributed by atoms with van der Waals surface area (Å²) in [4.78, 5) is 2.58. The zero-order valence-corrected chi connectivity index (χ0v) is 12.7. The van der Waals surface area contributed by atoms with Gasteiger partial charge in [0.05, 0.1) is 6.61 Å². The first kappa shape index (κ1) is 15.9. The maximum absolute atomic E-state index is 9.54. The Morgan fingerprint density at radius 1 is 1.44 bits per heavy atom. The van der Waals surface area contributed by atoms with E-state index in [9.17, 15) is 5.11 Å². The lowest BCUT2D eigenvalue weighted by atomic mass is 9.94. The summed E-state index contributed by atoms with van der Waals surface area (Å²) < 4.78 is 0. The molecule has 0 bridgehead atoms. The molecule has 1 aliphatic heterocycles. The number of hydrogen-bond acceptors (Lipinski definition) is 3. The molecule has 1 aliphatic rings. The Balaban J connectivity index is 2.26. The first-order valence-corrected chi connectivity index (χ1v) is 7.56. The summed E-state index contributed by atoms with van der Waals surface area (Å²) in [5, 5.41) is 13.0. The van der Waals surface area contributed by atoms with Gasteiger partial charge in [0.25, 0.3) is 0 Å². The molecule has 1 saturated heterocycles. The molecule has 0 aromatic carbocycles. The van der Waals surface area contributed by atoms with Gasteiger partial charge in [-0.2, -0.15) is 0 Å². The van der Waals surface area contributed by atoms with Crippen LogP contribution in [-0.2, 0) is 0 Å². The van der Waals surface area contributed by atoms with Crippen LogP contribution >= 0.6 is 0 Å². The normalized spacial score (nSPS) is 25.3. The second kappa shape index (κ2) is 7.46. The van der Waals surface area contributed by atoms with E-state index in [4.69, 9.17) is 0 Å². The van der Waals surface area contributed by atoms with Gasteiger partial charge >= 0.3 is 0 Å².